The van der Waals surface area contributed by atoms with Gasteiger partial charge in [0.2, 0.25) is 0 Å². The van der Waals surface area contributed by atoms with E-state index >= 15 is 0 Å². The highest BCUT2D eigenvalue weighted by molar-refractivity contribution is 5.25. The number of likely N-dealkylation sites (N-methyl/N-ethyl adjacent to an activating group) is 1. The first kappa shape index (κ1) is 15.5. The zero-order chi connectivity index (χ0) is 14.4. The summed E-state index contributed by atoms with van der Waals surface area (Å²) >= 11 is 0. The third-order valence-corrected chi connectivity index (χ3v) is 4.59. The number of piperidine rings is 1. The molecule has 20 heavy (non-hydrogen) atoms. The van der Waals surface area contributed by atoms with Gasteiger partial charge in [-0.2, -0.15) is 0 Å². The predicted molar refractivity (Wildman–Crippen MR) is 87.1 cm³/mol. The van der Waals surface area contributed by atoms with Crippen molar-refractivity contribution in [3.63, 3.8) is 0 Å². The van der Waals surface area contributed by atoms with E-state index in [1.807, 2.05) is 0 Å². The molecule has 1 aliphatic heterocycles. The molecule has 1 saturated heterocycles. The van der Waals surface area contributed by atoms with Gasteiger partial charge in [-0.3, -0.25) is 0 Å². The molecule has 1 atom stereocenters. The van der Waals surface area contributed by atoms with Crippen LogP contribution >= 0.6 is 0 Å². The molecule has 1 aliphatic rings. The molecular weight excluding hydrogens is 244 g/mol. The molecule has 2 nitrogen and oxygen atoms in total. The van der Waals surface area contributed by atoms with E-state index in [1.165, 1.54) is 49.9 Å². The van der Waals surface area contributed by atoms with Crippen molar-refractivity contribution in [1.29, 1.82) is 0 Å². The number of nitrogens with one attached hydrogen (secondary N) is 1. The van der Waals surface area contributed by atoms with Gasteiger partial charge in [-0.1, -0.05) is 44.5 Å². The van der Waals surface area contributed by atoms with Crippen LogP contribution in [-0.4, -0.2) is 31.6 Å². The summed E-state index contributed by atoms with van der Waals surface area (Å²) in [6.45, 7) is 8.26. The lowest BCUT2D eigenvalue weighted by molar-refractivity contribution is 0.177. The number of hydrogen-bond donors (Lipinski definition) is 1. The van der Waals surface area contributed by atoms with Crippen molar-refractivity contribution in [3.8, 4) is 0 Å². The molecule has 0 spiro atoms. The molecule has 1 aromatic carbocycles. The Hall–Kier alpha value is -0.860. The van der Waals surface area contributed by atoms with E-state index in [2.05, 4.69) is 55.4 Å². The number of likely N-dealkylation sites (tertiary alicyclic amines) is 1. The molecule has 112 valence electrons. The highest BCUT2D eigenvalue weighted by Crippen LogP contribution is 2.20. The molecule has 2 heteroatoms. The van der Waals surface area contributed by atoms with Crippen LogP contribution < -0.4 is 5.32 Å². The minimum absolute atomic E-state index is 0.457. The number of benzene rings is 1. The fourth-order valence-electron chi connectivity index (χ4n) is 3.07. The molecule has 0 saturated carbocycles. The lowest BCUT2D eigenvalue weighted by Gasteiger charge is -2.33. The van der Waals surface area contributed by atoms with Gasteiger partial charge in [-0.05, 0) is 56.4 Å². The average molecular weight is 274 g/mol. The summed E-state index contributed by atoms with van der Waals surface area (Å²) in [6.07, 6.45) is 5.12. The van der Waals surface area contributed by atoms with Crippen molar-refractivity contribution in [2.45, 2.75) is 45.6 Å². The second-order valence-electron chi connectivity index (χ2n) is 6.32. The maximum absolute atomic E-state index is 3.49. The van der Waals surface area contributed by atoms with E-state index in [0.717, 1.165) is 12.5 Å². The van der Waals surface area contributed by atoms with Crippen molar-refractivity contribution in [3.05, 3.63) is 35.4 Å². The van der Waals surface area contributed by atoms with Gasteiger partial charge in [0.05, 0.1) is 0 Å². The summed E-state index contributed by atoms with van der Waals surface area (Å²) in [7, 11) is 2.08. The van der Waals surface area contributed by atoms with Crippen LogP contribution in [0.1, 0.15) is 50.3 Å². The van der Waals surface area contributed by atoms with Gasteiger partial charge in [0, 0.05) is 12.6 Å². The van der Waals surface area contributed by atoms with Crippen LogP contribution in [0.4, 0.5) is 0 Å². The molecule has 0 aromatic heterocycles. The van der Waals surface area contributed by atoms with Gasteiger partial charge in [0.1, 0.15) is 0 Å². The lowest BCUT2D eigenvalue weighted by atomic mass is 9.97. The van der Waals surface area contributed by atoms with Crippen LogP contribution in [-0.2, 0) is 6.42 Å². The summed E-state index contributed by atoms with van der Waals surface area (Å²) < 4.78 is 0. The van der Waals surface area contributed by atoms with Gasteiger partial charge < -0.3 is 10.2 Å². The van der Waals surface area contributed by atoms with Crippen LogP contribution in [0.15, 0.2) is 24.3 Å². The summed E-state index contributed by atoms with van der Waals surface area (Å²) in [6, 6.07) is 9.65. The zero-order valence-electron chi connectivity index (χ0n) is 13.4. The maximum Gasteiger partial charge on any atom is 0.0446 e. The van der Waals surface area contributed by atoms with Gasteiger partial charge in [0.15, 0.2) is 0 Å². The third kappa shape index (κ3) is 4.32. The first-order chi connectivity index (χ1) is 9.72. The molecule has 2 rings (SSSR count). The largest absolute Gasteiger partial charge is 0.312 e. The first-order valence-electron chi connectivity index (χ1n) is 8.21. The van der Waals surface area contributed by atoms with Gasteiger partial charge in [-0.15, -0.1) is 0 Å². The SMILES string of the molecule is CCCc1ccc(C(CN2CCC(C)CC2)NC)cc1. The van der Waals surface area contributed by atoms with E-state index in [-0.39, 0.29) is 0 Å². The summed E-state index contributed by atoms with van der Waals surface area (Å²) in [4.78, 5) is 2.61. The highest BCUT2D eigenvalue weighted by atomic mass is 15.1. The molecule has 1 aromatic rings. The van der Waals surface area contributed by atoms with Crippen molar-refractivity contribution in [2.24, 2.45) is 5.92 Å². The molecule has 1 fully saturated rings. The van der Waals surface area contributed by atoms with E-state index in [1.54, 1.807) is 0 Å². The van der Waals surface area contributed by atoms with Crippen molar-refractivity contribution in [1.82, 2.24) is 10.2 Å². The van der Waals surface area contributed by atoms with Gasteiger partial charge >= 0.3 is 0 Å². The van der Waals surface area contributed by atoms with Crippen LogP contribution in [0, 0.1) is 5.92 Å². The van der Waals surface area contributed by atoms with Crippen LogP contribution in [0.2, 0.25) is 0 Å². The Morgan fingerprint density at radius 1 is 1.20 bits per heavy atom. The van der Waals surface area contributed by atoms with Gasteiger partial charge in [-0.25, -0.2) is 0 Å². The maximum atomic E-state index is 3.49. The van der Waals surface area contributed by atoms with Crippen molar-refractivity contribution < 1.29 is 0 Å². The number of aryl methyl sites for hydroxylation is 1. The number of nitrogens with zero attached hydrogens (tertiary/aromatic N) is 1. The highest BCUT2D eigenvalue weighted by Gasteiger charge is 2.19. The normalized spacial score (nSPS) is 19.1. The minimum Gasteiger partial charge on any atom is -0.312 e. The van der Waals surface area contributed by atoms with Crippen LogP contribution in [0.3, 0.4) is 0 Å². The zero-order valence-corrected chi connectivity index (χ0v) is 13.4. The topological polar surface area (TPSA) is 15.3 Å². The molecule has 1 unspecified atom stereocenters. The summed E-state index contributed by atoms with van der Waals surface area (Å²) in [5.74, 6) is 0.910. The Kier molecular flexibility index (Phi) is 6.06. The second-order valence-corrected chi connectivity index (χ2v) is 6.32. The number of hydrogen-bond acceptors (Lipinski definition) is 2. The Bertz CT molecular complexity index is 377. The molecule has 0 radical (unpaired) electrons. The fourth-order valence-corrected chi connectivity index (χ4v) is 3.07. The van der Waals surface area contributed by atoms with E-state index in [9.17, 15) is 0 Å². The molecule has 1 heterocycles. The Labute approximate surface area is 124 Å². The standard InChI is InChI=1S/C18H30N2/c1-4-5-16-6-8-17(9-7-16)18(19-3)14-20-12-10-15(2)11-13-20/h6-9,15,18-19H,4-5,10-14H2,1-3H3. The molecular formula is C18H30N2. The Morgan fingerprint density at radius 2 is 1.85 bits per heavy atom. The third-order valence-electron chi connectivity index (χ3n) is 4.59. The van der Waals surface area contributed by atoms with Crippen molar-refractivity contribution in [2.75, 3.05) is 26.7 Å². The van der Waals surface area contributed by atoms with Gasteiger partial charge in [0.25, 0.3) is 0 Å². The predicted octanol–water partition coefficient (Wildman–Crippen LogP) is 3.63. The Morgan fingerprint density at radius 3 is 2.40 bits per heavy atom. The lowest BCUT2D eigenvalue weighted by Crippen LogP contribution is -2.38. The van der Waals surface area contributed by atoms with Crippen molar-refractivity contribution >= 4 is 0 Å². The average Bonchev–Trinajstić information content (AvgIpc) is 2.48. The molecule has 0 aliphatic carbocycles. The molecule has 0 amide bonds. The Balaban J connectivity index is 1.93. The van der Waals surface area contributed by atoms with E-state index < -0.39 is 0 Å². The smallest absolute Gasteiger partial charge is 0.0446 e. The van der Waals surface area contributed by atoms with E-state index in [4.69, 9.17) is 0 Å². The monoisotopic (exact) mass is 274 g/mol. The van der Waals surface area contributed by atoms with E-state index in [0.29, 0.717) is 6.04 Å². The quantitative estimate of drug-likeness (QED) is 0.852. The molecule has 1 N–H and O–H groups in total. The van der Waals surface area contributed by atoms with Crippen LogP contribution in [0.25, 0.3) is 0 Å². The number of rotatable bonds is 6. The molecule has 0 bridgehead atoms. The fraction of sp³-hybridized carbons (Fsp3) is 0.667. The second kappa shape index (κ2) is 7.80. The summed E-state index contributed by atoms with van der Waals surface area (Å²) in [5, 5.41) is 3.49. The summed E-state index contributed by atoms with van der Waals surface area (Å²) in [5.41, 5.74) is 2.88. The first-order valence-corrected chi connectivity index (χ1v) is 8.21. The minimum atomic E-state index is 0.457. The van der Waals surface area contributed by atoms with Crippen LogP contribution in [0.5, 0.6) is 0 Å².